The first kappa shape index (κ1) is 18.9. The van der Waals surface area contributed by atoms with Crippen LogP contribution in [0.1, 0.15) is 19.5 Å². The Balaban J connectivity index is 2.09. The first-order chi connectivity index (χ1) is 12.1. The maximum absolute atomic E-state index is 12.7. The smallest absolute Gasteiger partial charge is 0.310 e. The number of methoxy groups -OCH3 is 1. The van der Waals surface area contributed by atoms with Gasteiger partial charge in [-0.25, -0.2) is 0 Å². The van der Waals surface area contributed by atoms with Crippen LogP contribution in [-0.4, -0.2) is 55.3 Å². The van der Waals surface area contributed by atoms with Crippen LogP contribution in [0.5, 0.6) is 0 Å². The van der Waals surface area contributed by atoms with Gasteiger partial charge in [-0.2, -0.15) is 0 Å². The summed E-state index contributed by atoms with van der Waals surface area (Å²) in [7, 11) is 1.34. The van der Waals surface area contributed by atoms with Crippen molar-refractivity contribution < 1.29 is 23.6 Å². The highest BCUT2D eigenvalue weighted by Crippen LogP contribution is 2.19. The van der Waals surface area contributed by atoms with Gasteiger partial charge in [-0.3, -0.25) is 9.59 Å². The third-order valence-corrected chi connectivity index (χ3v) is 3.93. The van der Waals surface area contributed by atoms with Crippen molar-refractivity contribution in [3.8, 4) is 0 Å². The highest BCUT2D eigenvalue weighted by molar-refractivity contribution is 5.86. The van der Waals surface area contributed by atoms with Gasteiger partial charge in [-0.1, -0.05) is 24.2 Å². The Morgan fingerprint density at radius 1 is 1.32 bits per heavy atom. The zero-order valence-electron chi connectivity index (χ0n) is 14.9. The van der Waals surface area contributed by atoms with E-state index in [0.717, 1.165) is 5.39 Å². The molecule has 0 aliphatic heterocycles. The zero-order valence-corrected chi connectivity index (χ0v) is 14.9. The quantitative estimate of drug-likeness (QED) is 0.509. The lowest BCUT2D eigenvalue weighted by Gasteiger charge is -2.24. The van der Waals surface area contributed by atoms with Gasteiger partial charge in [0.1, 0.15) is 5.69 Å². The Morgan fingerprint density at radius 3 is 2.80 bits per heavy atom. The molecule has 0 saturated heterocycles. The molecule has 136 valence electrons. The van der Waals surface area contributed by atoms with E-state index in [0.29, 0.717) is 31.0 Å². The number of rotatable bonds is 9. The predicted octanol–water partition coefficient (Wildman–Crippen LogP) is 2.04. The second kappa shape index (κ2) is 9.17. The van der Waals surface area contributed by atoms with E-state index in [4.69, 9.17) is 14.0 Å². The van der Waals surface area contributed by atoms with E-state index in [2.05, 4.69) is 5.16 Å². The molecule has 2 rings (SSSR count). The summed E-state index contributed by atoms with van der Waals surface area (Å²) < 4.78 is 15.3. The Kier molecular flexibility index (Phi) is 6.94. The number of hydrogen-bond donors (Lipinski definition) is 0. The van der Waals surface area contributed by atoms with Gasteiger partial charge in [0, 0.05) is 25.1 Å². The molecule has 0 saturated carbocycles. The molecule has 0 fully saturated rings. The molecule has 7 nitrogen and oxygen atoms in total. The molecule has 25 heavy (non-hydrogen) atoms. The van der Waals surface area contributed by atoms with E-state index in [1.54, 1.807) is 11.8 Å². The number of carbonyl (C=O) groups excluding carboxylic acids is 2. The van der Waals surface area contributed by atoms with Gasteiger partial charge in [0.25, 0.3) is 0 Å². The Morgan fingerprint density at radius 2 is 2.08 bits per heavy atom. The normalized spacial score (nSPS) is 12.1. The van der Waals surface area contributed by atoms with Crippen LogP contribution in [0.4, 0.5) is 0 Å². The number of fused-ring (bicyclic) bond motifs is 1. The minimum Gasteiger partial charge on any atom is -0.469 e. The summed E-state index contributed by atoms with van der Waals surface area (Å²) >= 11 is 0. The topological polar surface area (TPSA) is 81.9 Å². The van der Waals surface area contributed by atoms with Crippen molar-refractivity contribution in [2.45, 2.75) is 20.3 Å². The van der Waals surface area contributed by atoms with E-state index < -0.39 is 5.92 Å². The Hall–Kier alpha value is -2.41. The van der Waals surface area contributed by atoms with Crippen molar-refractivity contribution >= 4 is 22.8 Å². The molecule has 0 unspecified atom stereocenters. The van der Waals surface area contributed by atoms with Crippen molar-refractivity contribution in [2.24, 2.45) is 5.92 Å². The number of para-hydroxylation sites is 1. The number of amides is 1. The van der Waals surface area contributed by atoms with Crippen LogP contribution in [0.15, 0.2) is 28.8 Å². The number of ether oxygens (including phenoxy) is 2. The molecule has 1 atom stereocenters. The number of aromatic nitrogens is 1. The lowest BCUT2D eigenvalue weighted by Crippen LogP contribution is -2.40. The van der Waals surface area contributed by atoms with Crippen molar-refractivity contribution in [1.82, 2.24) is 10.1 Å². The van der Waals surface area contributed by atoms with Gasteiger partial charge in [0.2, 0.25) is 5.91 Å². The first-order valence-corrected chi connectivity index (χ1v) is 8.33. The van der Waals surface area contributed by atoms with Crippen LogP contribution in [0.3, 0.4) is 0 Å². The average Bonchev–Trinajstić information content (AvgIpc) is 3.03. The maximum atomic E-state index is 12.7. The summed E-state index contributed by atoms with van der Waals surface area (Å²) in [5, 5.41) is 4.82. The predicted molar refractivity (Wildman–Crippen MR) is 92.0 cm³/mol. The summed E-state index contributed by atoms with van der Waals surface area (Å²) in [6, 6.07) is 7.41. The molecule has 1 aromatic heterocycles. The second-order valence-corrected chi connectivity index (χ2v) is 5.76. The molecule has 7 heteroatoms. The Labute approximate surface area is 146 Å². The van der Waals surface area contributed by atoms with Crippen LogP contribution < -0.4 is 0 Å². The third-order valence-electron chi connectivity index (χ3n) is 3.93. The van der Waals surface area contributed by atoms with Crippen molar-refractivity contribution in [3.05, 3.63) is 30.0 Å². The highest BCUT2D eigenvalue weighted by atomic mass is 16.5. The summed E-state index contributed by atoms with van der Waals surface area (Å²) in [5.41, 5.74) is 1.24. The fraction of sp³-hybridized carbons (Fsp3) is 0.500. The molecule has 0 N–H and O–H groups in total. The van der Waals surface area contributed by atoms with Crippen LogP contribution in [0.25, 0.3) is 11.0 Å². The van der Waals surface area contributed by atoms with E-state index >= 15 is 0 Å². The summed E-state index contributed by atoms with van der Waals surface area (Å²) in [6.07, 6.45) is 0.108. The van der Waals surface area contributed by atoms with E-state index in [-0.39, 0.29) is 24.8 Å². The molecule has 1 amide bonds. The van der Waals surface area contributed by atoms with E-state index in [1.807, 2.05) is 31.2 Å². The zero-order chi connectivity index (χ0) is 18.2. The maximum Gasteiger partial charge on any atom is 0.310 e. The van der Waals surface area contributed by atoms with Crippen molar-refractivity contribution in [3.63, 3.8) is 0 Å². The van der Waals surface area contributed by atoms with Gasteiger partial charge in [0.05, 0.1) is 26.1 Å². The molecule has 2 aromatic rings. The van der Waals surface area contributed by atoms with E-state index in [1.165, 1.54) is 7.11 Å². The average molecular weight is 348 g/mol. The summed E-state index contributed by atoms with van der Waals surface area (Å²) in [5.74, 6) is -0.889. The largest absolute Gasteiger partial charge is 0.469 e. The molecular weight excluding hydrogens is 324 g/mol. The number of esters is 1. The fourth-order valence-electron chi connectivity index (χ4n) is 2.56. The number of carbonyl (C=O) groups is 2. The van der Waals surface area contributed by atoms with E-state index in [9.17, 15) is 9.59 Å². The lowest BCUT2D eigenvalue weighted by molar-refractivity contribution is -0.146. The molecular formula is C18H24N2O5. The van der Waals surface area contributed by atoms with Crippen LogP contribution >= 0.6 is 0 Å². The Bertz CT molecular complexity index is 712. The third kappa shape index (κ3) is 5.03. The molecule has 1 heterocycles. The highest BCUT2D eigenvalue weighted by Gasteiger charge is 2.23. The summed E-state index contributed by atoms with van der Waals surface area (Å²) in [6.45, 7) is 5.29. The van der Waals surface area contributed by atoms with Gasteiger partial charge in [0.15, 0.2) is 5.58 Å². The molecule has 1 aromatic carbocycles. The van der Waals surface area contributed by atoms with Gasteiger partial charge in [-0.15, -0.1) is 0 Å². The molecule has 0 bridgehead atoms. The van der Waals surface area contributed by atoms with Crippen LogP contribution in [-0.2, 0) is 25.5 Å². The molecule has 0 radical (unpaired) electrons. The lowest BCUT2D eigenvalue weighted by atomic mass is 10.1. The fourth-order valence-corrected chi connectivity index (χ4v) is 2.56. The van der Waals surface area contributed by atoms with Gasteiger partial charge < -0.3 is 18.9 Å². The number of nitrogens with zero attached hydrogens (tertiary/aromatic N) is 2. The van der Waals surface area contributed by atoms with Crippen LogP contribution in [0, 0.1) is 5.92 Å². The van der Waals surface area contributed by atoms with Crippen molar-refractivity contribution in [1.29, 1.82) is 0 Å². The van der Waals surface area contributed by atoms with Gasteiger partial charge in [-0.05, 0) is 19.1 Å². The number of hydrogen-bond acceptors (Lipinski definition) is 6. The number of benzene rings is 1. The molecule has 0 spiro atoms. The minimum atomic E-state index is -0.412. The molecule has 0 aliphatic rings. The standard InChI is InChI=1S/C18H24N2O5/c1-4-24-10-9-20(12-13(2)18(22)23-3)17(21)11-15-14-7-5-6-8-16(14)25-19-15/h5-8,13H,4,9-12H2,1-3H3/t13-/m0/s1. The molecule has 0 aliphatic carbocycles. The second-order valence-electron chi connectivity index (χ2n) is 5.76. The summed E-state index contributed by atoms with van der Waals surface area (Å²) in [4.78, 5) is 26.0. The SMILES string of the molecule is CCOCCN(C[C@H](C)C(=O)OC)C(=O)Cc1noc2ccccc12. The first-order valence-electron chi connectivity index (χ1n) is 8.33. The van der Waals surface area contributed by atoms with Gasteiger partial charge >= 0.3 is 5.97 Å². The van der Waals surface area contributed by atoms with Crippen molar-refractivity contribution in [2.75, 3.05) is 33.4 Å². The minimum absolute atomic E-state index is 0.108. The monoisotopic (exact) mass is 348 g/mol. The van der Waals surface area contributed by atoms with Crippen LogP contribution in [0.2, 0.25) is 0 Å².